The first-order valence-corrected chi connectivity index (χ1v) is 7.82. The Hall–Kier alpha value is -2.87. The number of hydrogen-bond donors (Lipinski definition) is 1. The van der Waals surface area contributed by atoms with Gasteiger partial charge in [-0.15, -0.1) is 0 Å². The van der Waals surface area contributed by atoms with Crippen molar-refractivity contribution in [3.63, 3.8) is 0 Å². The zero-order valence-electron chi connectivity index (χ0n) is 12.7. The third-order valence-corrected chi connectivity index (χ3v) is 4.32. The predicted octanol–water partition coefficient (Wildman–Crippen LogP) is 2.89. The molecule has 114 valence electrons. The molecule has 5 heteroatoms. The SMILES string of the molecule is N#Cc1cccc(C2=Nc3c(N)ccnc3N(CC3CC3)C2)c1. The average molecular weight is 303 g/mol. The van der Waals surface area contributed by atoms with Crippen molar-refractivity contribution in [2.75, 3.05) is 23.7 Å². The third kappa shape index (κ3) is 2.64. The fraction of sp³-hybridized carbons (Fsp3) is 0.278. The minimum absolute atomic E-state index is 0.642. The van der Waals surface area contributed by atoms with Crippen molar-refractivity contribution in [2.24, 2.45) is 10.9 Å². The highest BCUT2D eigenvalue weighted by atomic mass is 15.2. The normalized spacial score (nSPS) is 16.5. The number of benzene rings is 1. The molecule has 5 nitrogen and oxygen atoms in total. The van der Waals surface area contributed by atoms with Gasteiger partial charge in [0.2, 0.25) is 0 Å². The second-order valence-corrected chi connectivity index (χ2v) is 6.15. The number of anilines is 2. The fourth-order valence-corrected chi connectivity index (χ4v) is 2.92. The zero-order chi connectivity index (χ0) is 15.8. The number of hydrogen-bond acceptors (Lipinski definition) is 5. The zero-order valence-corrected chi connectivity index (χ0v) is 12.7. The molecule has 2 N–H and O–H groups in total. The van der Waals surface area contributed by atoms with Crippen LogP contribution in [0.25, 0.3) is 0 Å². The summed E-state index contributed by atoms with van der Waals surface area (Å²) in [5.74, 6) is 1.62. The standard InChI is InChI=1S/C18H17N5/c19-9-13-2-1-3-14(8-13)16-11-23(10-12-4-5-12)18-17(22-16)15(20)6-7-21-18/h1-3,6-8,12H,4-5,10-11H2,(H2,20,21). The first-order chi connectivity index (χ1) is 11.2. The van der Waals surface area contributed by atoms with Crippen LogP contribution in [0.3, 0.4) is 0 Å². The Balaban J connectivity index is 1.78. The van der Waals surface area contributed by atoms with Crippen LogP contribution in [0.2, 0.25) is 0 Å². The molecule has 1 aromatic carbocycles. The summed E-state index contributed by atoms with van der Waals surface area (Å²) in [5, 5.41) is 9.11. The van der Waals surface area contributed by atoms with E-state index in [1.54, 1.807) is 18.3 Å². The fourth-order valence-electron chi connectivity index (χ4n) is 2.92. The van der Waals surface area contributed by atoms with E-state index >= 15 is 0 Å². The molecule has 0 amide bonds. The van der Waals surface area contributed by atoms with Gasteiger partial charge in [-0.05, 0) is 42.5 Å². The smallest absolute Gasteiger partial charge is 0.157 e. The van der Waals surface area contributed by atoms with Crippen molar-refractivity contribution in [2.45, 2.75) is 12.8 Å². The lowest BCUT2D eigenvalue weighted by Gasteiger charge is -2.30. The highest BCUT2D eigenvalue weighted by Gasteiger charge is 2.29. The lowest BCUT2D eigenvalue weighted by atomic mass is 10.0. The maximum atomic E-state index is 9.11. The molecule has 23 heavy (non-hydrogen) atoms. The van der Waals surface area contributed by atoms with Crippen LogP contribution in [0.1, 0.15) is 24.0 Å². The molecule has 2 aliphatic rings. The van der Waals surface area contributed by atoms with Gasteiger partial charge in [-0.2, -0.15) is 5.26 Å². The second-order valence-electron chi connectivity index (χ2n) is 6.15. The van der Waals surface area contributed by atoms with Crippen molar-refractivity contribution < 1.29 is 0 Å². The summed E-state index contributed by atoms with van der Waals surface area (Å²) < 4.78 is 0. The summed E-state index contributed by atoms with van der Waals surface area (Å²) in [6, 6.07) is 11.5. The van der Waals surface area contributed by atoms with Crippen molar-refractivity contribution in [1.29, 1.82) is 5.26 Å². The van der Waals surface area contributed by atoms with Crippen LogP contribution in [-0.4, -0.2) is 23.8 Å². The van der Waals surface area contributed by atoms with Gasteiger partial charge < -0.3 is 10.6 Å². The number of aromatic nitrogens is 1. The first-order valence-electron chi connectivity index (χ1n) is 7.82. The van der Waals surface area contributed by atoms with Crippen LogP contribution >= 0.6 is 0 Å². The van der Waals surface area contributed by atoms with Crippen molar-refractivity contribution >= 4 is 22.9 Å². The molecule has 1 saturated carbocycles. The second kappa shape index (κ2) is 5.40. The van der Waals surface area contributed by atoms with Crippen molar-refractivity contribution in [3.05, 3.63) is 47.7 Å². The molecule has 2 heterocycles. The molecule has 4 rings (SSSR count). The van der Waals surface area contributed by atoms with Gasteiger partial charge in [-0.25, -0.2) is 9.98 Å². The van der Waals surface area contributed by atoms with Crippen LogP contribution in [0.4, 0.5) is 17.2 Å². The molecule has 0 radical (unpaired) electrons. The number of rotatable bonds is 3. The molecule has 0 saturated heterocycles. The Kier molecular flexibility index (Phi) is 3.23. The van der Waals surface area contributed by atoms with E-state index in [0.717, 1.165) is 35.2 Å². The molecule has 1 aromatic heterocycles. The summed E-state index contributed by atoms with van der Waals surface area (Å²) in [5.41, 5.74) is 10.1. The van der Waals surface area contributed by atoms with Gasteiger partial charge in [0.15, 0.2) is 5.82 Å². The van der Waals surface area contributed by atoms with E-state index in [-0.39, 0.29) is 0 Å². The van der Waals surface area contributed by atoms with Crippen molar-refractivity contribution in [1.82, 2.24) is 4.98 Å². The van der Waals surface area contributed by atoms with Crippen LogP contribution in [0, 0.1) is 17.2 Å². The quantitative estimate of drug-likeness (QED) is 0.945. The van der Waals surface area contributed by atoms with Gasteiger partial charge in [0.25, 0.3) is 0 Å². The van der Waals surface area contributed by atoms with Crippen LogP contribution in [0.5, 0.6) is 0 Å². The Labute approximate surface area is 135 Å². The molecule has 0 unspecified atom stereocenters. The Bertz CT molecular complexity index is 830. The lowest BCUT2D eigenvalue weighted by Crippen LogP contribution is -2.35. The molecule has 0 atom stereocenters. The van der Waals surface area contributed by atoms with E-state index in [0.29, 0.717) is 17.8 Å². The van der Waals surface area contributed by atoms with E-state index < -0.39 is 0 Å². The molecule has 1 aliphatic carbocycles. The maximum Gasteiger partial charge on any atom is 0.157 e. The topological polar surface area (TPSA) is 78.3 Å². The molecule has 1 aliphatic heterocycles. The summed E-state index contributed by atoms with van der Waals surface area (Å²) in [6.07, 6.45) is 4.31. The van der Waals surface area contributed by atoms with Gasteiger partial charge in [0, 0.05) is 12.7 Å². The number of aliphatic imine (C=N–C) groups is 1. The maximum absolute atomic E-state index is 9.11. The van der Waals surface area contributed by atoms with Crippen LogP contribution in [0.15, 0.2) is 41.5 Å². The number of nitrogens with zero attached hydrogens (tertiary/aromatic N) is 4. The largest absolute Gasteiger partial charge is 0.397 e. The minimum Gasteiger partial charge on any atom is -0.397 e. The molecule has 0 bridgehead atoms. The third-order valence-electron chi connectivity index (χ3n) is 4.32. The van der Waals surface area contributed by atoms with Crippen molar-refractivity contribution in [3.8, 4) is 6.07 Å². The summed E-state index contributed by atoms with van der Waals surface area (Å²) in [4.78, 5) is 11.5. The molecular weight excluding hydrogens is 286 g/mol. The summed E-state index contributed by atoms with van der Waals surface area (Å²) >= 11 is 0. The van der Waals surface area contributed by atoms with Crippen LogP contribution in [-0.2, 0) is 0 Å². The number of nitrogens with two attached hydrogens (primary N) is 1. The van der Waals surface area contributed by atoms with Gasteiger partial charge in [0.05, 0.1) is 29.6 Å². The molecule has 0 spiro atoms. The average Bonchev–Trinajstić information content (AvgIpc) is 3.39. The number of nitriles is 1. The number of nitrogen functional groups attached to an aromatic ring is 1. The van der Waals surface area contributed by atoms with E-state index in [4.69, 9.17) is 16.0 Å². The highest BCUT2D eigenvalue weighted by Crippen LogP contribution is 2.39. The Morgan fingerprint density at radius 2 is 2.17 bits per heavy atom. The molecule has 2 aromatic rings. The summed E-state index contributed by atoms with van der Waals surface area (Å²) in [6.45, 7) is 1.69. The molecule has 1 fully saturated rings. The summed E-state index contributed by atoms with van der Waals surface area (Å²) in [7, 11) is 0. The number of fused-ring (bicyclic) bond motifs is 1. The lowest BCUT2D eigenvalue weighted by molar-refractivity contribution is 0.754. The van der Waals surface area contributed by atoms with Gasteiger partial charge in [-0.1, -0.05) is 12.1 Å². The predicted molar refractivity (Wildman–Crippen MR) is 90.9 cm³/mol. The van der Waals surface area contributed by atoms with Gasteiger partial charge in [0.1, 0.15) is 5.69 Å². The van der Waals surface area contributed by atoms with E-state index in [2.05, 4.69) is 16.0 Å². The Morgan fingerprint density at radius 1 is 1.30 bits per heavy atom. The highest BCUT2D eigenvalue weighted by molar-refractivity contribution is 6.08. The monoisotopic (exact) mass is 303 g/mol. The first kappa shape index (κ1) is 13.8. The van der Waals surface area contributed by atoms with E-state index in [1.165, 1.54) is 12.8 Å². The molecular formula is C18H17N5. The number of pyridine rings is 1. The van der Waals surface area contributed by atoms with E-state index in [9.17, 15) is 0 Å². The van der Waals surface area contributed by atoms with Gasteiger partial charge >= 0.3 is 0 Å². The minimum atomic E-state index is 0.642. The Morgan fingerprint density at radius 3 is 2.96 bits per heavy atom. The van der Waals surface area contributed by atoms with Gasteiger partial charge in [-0.3, -0.25) is 0 Å². The van der Waals surface area contributed by atoms with Crippen LogP contribution < -0.4 is 10.6 Å². The van der Waals surface area contributed by atoms with E-state index in [1.807, 2.05) is 18.2 Å².